The van der Waals surface area contributed by atoms with Gasteiger partial charge in [-0.3, -0.25) is 4.79 Å². The predicted molar refractivity (Wildman–Crippen MR) is 92.6 cm³/mol. The molecule has 2 aromatic carbocycles. The number of carbonyl (C=O) groups is 2. The first-order valence-corrected chi connectivity index (χ1v) is 7.87. The van der Waals surface area contributed by atoms with Gasteiger partial charge in [-0.2, -0.15) is 5.26 Å². The molecule has 0 aliphatic carbocycles. The van der Waals surface area contributed by atoms with E-state index in [0.29, 0.717) is 29.2 Å². The molecule has 0 bridgehead atoms. The van der Waals surface area contributed by atoms with E-state index >= 15 is 0 Å². The van der Waals surface area contributed by atoms with E-state index in [0.717, 1.165) is 5.56 Å². The Labute approximate surface area is 150 Å². The van der Waals surface area contributed by atoms with Gasteiger partial charge in [0.2, 0.25) is 5.91 Å². The molecule has 7 nitrogen and oxygen atoms in total. The summed E-state index contributed by atoms with van der Waals surface area (Å²) in [6.07, 6.45) is 0. The van der Waals surface area contributed by atoms with E-state index < -0.39 is 11.9 Å². The molecule has 0 saturated heterocycles. The minimum absolute atomic E-state index is 0.0485. The Morgan fingerprint density at radius 2 is 1.81 bits per heavy atom. The summed E-state index contributed by atoms with van der Waals surface area (Å²) in [4.78, 5) is 22.8. The van der Waals surface area contributed by atoms with Crippen molar-refractivity contribution >= 4 is 11.9 Å². The van der Waals surface area contributed by atoms with Crippen LogP contribution in [0.4, 0.5) is 0 Å². The van der Waals surface area contributed by atoms with Gasteiger partial charge in [0.05, 0.1) is 18.2 Å². The Balaban J connectivity index is 1.88. The van der Waals surface area contributed by atoms with E-state index in [-0.39, 0.29) is 13.2 Å². The van der Waals surface area contributed by atoms with Crippen molar-refractivity contribution < 1.29 is 23.8 Å². The maximum Gasteiger partial charge on any atom is 0.344 e. The average Bonchev–Trinajstić information content (AvgIpc) is 2.65. The van der Waals surface area contributed by atoms with E-state index in [1.54, 1.807) is 49.4 Å². The van der Waals surface area contributed by atoms with Crippen molar-refractivity contribution in [1.29, 1.82) is 5.26 Å². The number of esters is 1. The predicted octanol–water partition coefficient (Wildman–Crippen LogP) is 2.18. The number of hydrogen-bond donors (Lipinski definition) is 1. The molecular weight excluding hydrogens is 336 g/mol. The van der Waals surface area contributed by atoms with Crippen molar-refractivity contribution in [1.82, 2.24) is 0 Å². The molecule has 1 amide bonds. The van der Waals surface area contributed by atoms with Crippen molar-refractivity contribution in [3.63, 3.8) is 0 Å². The first kappa shape index (κ1) is 18.8. The Bertz CT molecular complexity index is 825. The summed E-state index contributed by atoms with van der Waals surface area (Å²) < 4.78 is 15.9. The van der Waals surface area contributed by atoms with Gasteiger partial charge < -0.3 is 19.9 Å². The molecule has 0 aromatic heterocycles. The minimum atomic E-state index is -0.559. The number of ether oxygens (including phenoxy) is 3. The first-order chi connectivity index (χ1) is 12.5. The van der Waals surface area contributed by atoms with Gasteiger partial charge in [-0.05, 0) is 36.8 Å². The number of amides is 1. The molecule has 0 fully saturated rings. The molecule has 0 aliphatic rings. The summed E-state index contributed by atoms with van der Waals surface area (Å²) in [6.45, 7) is 1.95. The summed E-state index contributed by atoms with van der Waals surface area (Å²) in [5.74, 6) is -0.333. The molecule has 0 unspecified atom stereocenters. The van der Waals surface area contributed by atoms with Gasteiger partial charge in [0.1, 0.15) is 6.61 Å². The molecule has 2 aromatic rings. The number of carbonyl (C=O) groups excluding carboxylic acids is 2. The highest BCUT2D eigenvalue weighted by Crippen LogP contribution is 2.28. The lowest BCUT2D eigenvalue weighted by atomic mass is 10.1. The van der Waals surface area contributed by atoms with E-state index in [9.17, 15) is 9.59 Å². The lowest BCUT2D eigenvalue weighted by Gasteiger charge is -2.12. The Hall–Kier alpha value is -3.53. The molecule has 0 heterocycles. The molecule has 2 N–H and O–H groups in total. The van der Waals surface area contributed by atoms with Crippen molar-refractivity contribution in [2.45, 2.75) is 13.5 Å². The minimum Gasteiger partial charge on any atom is -0.490 e. The van der Waals surface area contributed by atoms with Gasteiger partial charge in [0.25, 0.3) is 0 Å². The van der Waals surface area contributed by atoms with Crippen molar-refractivity contribution in [3.05, 3.63) is 59.2 Å². The fourth-order valence-electron chi connectivity index (χ4n) is 2.07. The highest BCUT2D eigenvalue weighted by molar-refractivity contribution is 5.92. The normalized spacial score (nSPS) is 9.85. The Morgan fingerprint density at radius 3 is 2.42 bits per heavy atom. The molecular formula is C19H18N2O5. The third-order valence-corrected chi connectivity index (χ3v) is 3.36. The highest BCUT2D eigenvalue weighted by Gasteiger charge is 2.10. The van der Waals surface area contributed by atoms with Crippen LogP contribution >= 0.6 is 0 Å². The van der Waals surface area contributed by atoms with E-state index in [4.69, 9.17) is 25.2 Å². The number of nitrogens with two attached hydrogens (primary N) is 1. The Kier molecular flexibility index (Phi) is 6.57. The smallest absolute Gasteiger partial charge is 0.344 e. The summed E-state index contributed by atoms with van der Waals surface area (Å²) in [5, 5.41) is 8.92. The maximum atomic E-state index is 11.8. The quantitative estimate of drug-likeness (QED) is 0.727. The SMILES string of the molecule is CCOc1cc(C#N)ccc1OCC(=O)OCc1ccc(C(N)=O)cc1. The maximum absolute atomic E-state index is 11.8. The van der Waals surface area contributed by atoms with Gasteiger partial charge in [-0.15, -0.1) is 0 Å². The van der Waals surface area contributed by atoms with Crippen LogP contribution < -0.4 is 15.2 Å². The standard InChI is InChI=1S/C19H18N2O5/c1-2-24-17-9-14(10-20)5-8-16(17)25-12-18(22)26-11-13-3-6-15(7-4-13)19(21)23/h3-9H,2,11-12H2,1H3,(H2,21,23). The zero-order chi connectivity index (χ0) is 18.9. The van der Waals surface area contributed by atoms with Gasteiger partial charge in [-0.1, -0.05) is 12.1 Å². The molecule has 2 rings (SSSR count). The van der Waals surface area contributed by atoms with Gasteiger partial charge in [0, 0.05) is 11.6 Å². The molecule has 134 valence electrons. The third kappa shape index (κ3) is 5.24. The van der Waals surface area contributed by atoms with Crippen LogP contribution in [0, 0.1) is 11.3 Å². The second-order valence-corrected chi connectivity index (χ2v) is 5.22. The van der Waals surface area contributed by atoms with Crippen LogP contribution in [0.25, 0.3) is 0 Å². The summed E-state index contributed by atoms with van der Waals surface area (Å²) in [5.41, 5.74) is 6.70. The topological polar surface area (TPSA) is 112 Å². The van der Waals surface area contributed by atoms with Crippen LogP contribution in [0.2, 0.25) is 0 Å². The van der Waals surface area contributed by atoms with Crippen molar-refractivity contribution in [3.8, 4) is 17.6 Å². The second kappa shape index (κ2) is 9.08. The van der Waals surface area contributed by atoms with Crippen molar-refractivity contribution in [2.24, 2.45) is 5.73 Å². The summed E-state index contributed by atoms with van der Waals surface area (Å²) in [7, 11) is 0. The van der Waals surface area contributed by atoms with Crippen molar-refractivity contribution in [2.75, 3.05) is 13.2 Å². The van der Waals surface area contributed by atoms with Crippen LogP contribution in [0.1, 0.15) is 28.4 Å². The van der Waals surface area contributed by atoms with Crippen LogP contribution in [0.3, 0.4) is 0 Å². The van der Waals surface area contributed by atoms with Crippen LogP contribution in [-0.2, 0) is 16.1 Å². The lowest BCUT2D eigenvalue weighted by molar-refractivity contribution is -0.147. The van der Waals surface area contributed by atoms with Gasteiger partial charge >= 0.3 is 5.97 Å². The van der Waals surface area contributed by atoms with Crippen LogP contribution in [0.5, 0.6) is 11.5 Å². The molecule has 7 heteroatoms. The zero-order valence-corrected chi connectivity index (χ0v) is 14.2. The number of nitriles is 1. The van der Waals surface area contributed by atoms with Crippen LogP contribution in [0.15, 0.2) is 42.5 Å². The Morgan fingerprint density at radius 1 is 1.08 bits per heavy atom. The number of rotatable bonds is 8. The fourth-order valence-corrected chi connectivity index (χ4v) is 2.07. The number of primary amides is 1. The largest absolute Gasteiger partial charge is 0.490 e. The number of benzene rings is 2. The van der Waals surface area contributed by atoms with E-state index in [1.165, 1.54) is 0 Å². The average molecular weight is 354 g/mol. The van der Waals surface area contributed by atoms with Crippen LogP contribution in [-0.4, -0.2) is 25.1 Å². The zero-order valence-electron chi connectivity index (χ0n) is 14.2. The monoisotopic (exact) mass is 354 g/mol. The highest BCUT2D eigenvalue weighted by atomic mass is 16.6. The van der Waals surface area contributed by atoms with E-state index in [1.807, 2.05) is 6.07 Å². The summed E-state index contributed by atoms with van der Waals surface area (Å²) >= 11 is 0. The van der Waals surface area contributed by atoms with E-state index in [2.05, 4.69) is 0 Å². The second-order valence-electron chi connectivity index (χ2n) is 5.22. The number of hydrogen-bond acceptors (Lipinski definition) is 6. The summed E-state index contributed by atoms with van der Waals surface area (Å²) in [6, 6.07) is 13.1. The molecule has 0 spiro atoms. The molecule has 0 radical (unpaired) electrons. The molecule has 0 saturated carbocycles. The number of nitrogens with zero attached hydrogens (tertiary/aromatic N) is 1. The van der Waals surface area contributed by atoms with Gasteiger partial charge in [0.15, 0.2) is 18.1 Å². The lowest BCUT2D eigenvalue weighted by Crippen LogP contribution is -2.15. The molecule has 0 aliphatic heterocycles. The fraction of sp³-hybridized carbons (Fsp3) is 0.211. The first-order valence-electron chi connectivity index (χ1n) is 7.87. The third-order valence-electron chi connectivity index (χ3n) is 3.36. The molecule has 26 heavy (non-hydrogen) atoms. The van der Waals surface area contributed by atoms with Gasteiger partial charge in [-0.25, -0.2) is 4.79 Å². The molecule has 0 atom stereocenters.